The lowest BCUT2D eigenvalue weighted by Crippen LogP contribution is -2.38. The van der Waals surface area contributed by atoms with Crippen molar-refractivity contribution in [1.29, 1.82) is 0 Å². The van der Waals surface area contributed by atoms with Gasteiger partial charge >= 0.3 is 0 Å². The molecule has 1 heterocycles. The number of anilines is 1. The summed E-state index contributed by atoms with van der Waals surface area (Å²) in [6, 6.07) is 4.54. The van der Waals surface area contributed by atoms with Gasteiger partial charge in [-0.3, -0.25) is 0 Å². The van der Waals surface area contributed by atoms with E-state index in [0.29, 0.717) is 12.5 Å². The molecule has 3 rings (SSSR count). The maximum atomic E-state index is 14.0. The molecule has 0 radical (unpaired) electrons. The molecule has 1 aliphatic carbocycles. The lowest BCUT2D eigenvalue weighted by atomic mass is 9.90. The largest absolute Gasteiger partial charge is 0.404 e. The van der Waals surface area contributed by atoms with E-state index >= 15 is 0 Å². The van der Waals surface area contributed by atoms with Gasteiger partial charge in [0.05, 0.1) is 5.70 Å². The van der Waals surface area contributed by atoms with Crippen LogP contribution >= 0.6 is 0 Å². The second-order valence-electron chi connectivity index (χ2n) is 6.83. The second kappa shape index (κ2) is 8.23. The highest BCUT2D eigenvalue weighted by molar-refractivity contribution is 5.56. The number of rotatable bonds is 4. The zero-order valence-corrected chi connectivity index (χ0v) is 15.0. The fourth-order valence-corrected chi connectivity index (χ4v) is 3.59. The topological polar surface area (TPSA) is 76.1 Å². The zero-order valence-electron chi connectivity index (χ0n) is 15.0. The summed E-state index contributed by atoms with van der Waals surface area (Å²) in [6.07, 6.45) is 11.5. The quantitative estimate of drug-likeness (QED) is 0.664. The van der Waals surface area contributed by atoms with Gasteiger partial charge in [-0.25, -0.2) is 4.39 Å². The van der Waals surface area contributed by atoms with E-state index in [-0.39, 0.29) is 17.4 Å². The van der Waals surface area contributed by atoms with Crippen LogP contribution in [0.4, 0.5) is 10.1 Å². The van der Waals surface area contributed by atoms with E-state index < -0.39 is 0 Å². The van der Waals surface area contributed by atoms with Gasteiger partial charge in [-0.2, -0.15) is 0 Å². The third kappa shape index (κ3) is 3.99. The van der Waals surface area contributed by atoms with Crippen molar-refractivity contribution in [3.63, 3.8) is 0 Å². The molecule has 0 saturated carbocycles. The van der Waals surface area contributed by atoms with Crippen molar-refractivity contribution in [2.75, 3.05) is 18.4 Å². The lowest BCUT2D eigenvalue weighted by molar-refractivity contribution is 0.479. The Morgan fingerprint density at radius 1 is 1.27 bits per heavy atom. The van der Waals surface area contributed by atoms with Gasteiger partial charge in [0.25, 0.3) is 0 Å². The minimum atomic E-state index is -0.349. The zero-order chi connectivity index (χ0) is 18.5. The minimum Gasteiger partial charge on any atom is -0.404 e. The highest BCUT2D eigenvalue weighted by Crippen LogP contribution is 2.29. The van der Waals surface area contributed by atoms with Crippen LogP contribution in [0.5, 0.6) is 0 Å². The van der Waals surface area contributed by atoms with Crippen molar-refractivity contribution >= 4 is 18.0 Å². The van der Waals surface area contributed by atoms with Gasteiger partial charge in [0.2, 0.25) is 0 Å². The van der Waals surface area contributed by atoms with Gasteiger partial charge in [-0.15, -0.1) is 0 Å². The standard InChI is InChI=1S/C21H27FN4/c1-2-3-15-10-16(14-4-5-20(24)19(22)11-14)12-21(18(15)13-23)26-17-6-8-25-9-7-17/h2-3,5,10-14,17,25-26H,1,4,6-9,23-24H2/b15-3-,18-13+. The number of nitrogens with one attached hydrogen (secondary N) is 2. The van der Waals surface area contributed by atoms with Gasteiger partial charge in [-0.1, -0.05) is 30.9 Å². The number of allylic oxidation sites excluding steroid dienone is 4. The van der Waals surface area contributed by atoms with Crippen molar-refractivity contribution in [2.24, 2.45) is 11.5 Å². The monoisotopic (exact) mass is 354 g/mol. The molecule has 2 aliphatic rings. The fourth-order valence-electron chi connectivity index (χ4n) is 3.59. The van der Waals surface area contributed by atoms with Crippen LogP contribution in [0.2, 0.25) is 0 Å². The van der Waals surface area contributed by atoms with E-state index in [1.54, 1.807) is 24.4 Å². The van der Waals surface area contributed by atoms with Gasteiger partial charge in [0.1, 0.15) is 5.83 Å². The average molecular weight is 354 g/mol. The summed E-state index contributed by atoms with van der Waals surface area (Å²) >= 11 is 0. The maximum absolute atomic E-state index is 14.0. The Kier molecular flexibility index (Phi) is 5.78. The molecule has 0 spiro atoms. The minimum absolute atomic E-state index is 0.0420. The van der Waals surface area contributed by atoms with Gasteiger partial charge < -0.3 is 22.1 Å². The first kappa shape index (κ1) is 18.3. The molecule has 138 valence electrons. The summed E-state index contributed by atoms with van der Waals surface area (Å²) in [5.74, 6) is -0.391. The Balaban J connectivity index is 2.03. The molecule has 6 N–H and O–H groups in total. The maximum Gasteiger partial charge on any atom is 0.142 e. The van der Waals surface area contributed by atoms with Crippen LogP contribution in [0.1, 0.15) is 30.7 Å². The molecule has 0 bridgehead atoms. The number of hydrogen-bond acceptors (Lipinski definition) is 4. The third-order valence-corrected chi connectivity index (χ3v) is 5.04. The molecule has 5 heteroatoms. The Morgan fingerprint density at radius 3 is 2.69 bits per heavy atom. The van der Waals surface area contributed by atoms with E-state index in [2.05, 4.69) is 29.3 Å². The highest BCUT2D eigenvalue weighted by Gasteiger charge is 2.18. The van der Waals surface area contributed by atoms with Crippen LogP contribution < -0.4 is 32.5 Å². The number of piperidine rings is 1. The summed E-state index contributed by atoms with van der Waals surface area (Å²) in [5.41, 5.74) is 13.8. The highest BCUT2D eigenvalue weighted by atomic mass is 19.1. The van der Waals surface area contributed by atoms with Gasteiger partial charge in [0, 0.05) is 29.1 Å². The molecule has 1 atom stereocenters. The molecule has 0 aromatic heterocycles. The molecular formula is C21H27FN4. The van der Waals surface area contributed by atoms with Crippen molar-refractivity contribution in [2.45, 2.75) is 31.2 Å². The summed E-state index contributed by atoms with van der Waals surface area (Å²) in [7, 11) is 0. The van der Waals surface area contributed by atoms with E-state index in [1.807, 2.05) is 6.08 Å². The van der Waals surface area contributed by atoms with Crippen LogP contribution in [0.3, 0.4) is 0 Å². The second-order valence-corrected chi connectivity index (χ2v) is 6.83. The Bertz CT molecular complexity index is 847. The molecule has 4 nitrogen and oxygen atoms in total. The number of halogens is 1. The third-order valence-electron chi connectivity index (χ3n) is 5.04. The molecule has 1 aromatic carbocycles. The fraction of sp³-hybridized carbons (Fsp3) is 0.333. The van der Waals surface area contributed by atoms with Crippen LogP contribution in [0, 0.1) is 0 Å². The lowest BCUT2D eigenvalue weighted by Gasteiger charge is -2.26. The van der Waals surface area contributed by atoms with Crippen LogP contribution in [-0.2, 0) is 0 Å². The Hall–Kier alpha value is -2.53. The molecule has 1 aromatic rings. The summed E-state index contributed by atoms with van der Waals surface area (Å²) in [4.78, 5) is 0. The van der Waals surface area contributed by atoms with E-state index in [9.17, 15) is 4.39 Å². The summed E-state index contributed by atoms with van der Waals surface area (Å²) in [5, 5.41) is 8.94. The molecule has 1 fully saturated rings. The van der Waals surface area contributed by atoms with Gasteiger partial charge in [-0.05, 0) is 55.3 Å². The number of nitrogens with two attached hydrogens (primary N) is 2. The summed E-state index contributed by atoms with van der Waals surface area (Å²) in [6.45, 7) is 5.81. The summed E-state index contributed by atoms with van der Waals surface area (Å²) < 4.78 is 14.0. The molecule has 0 amide bonds. The molecule has 1 aliphatic heterocycles. The van der Waals surface area contributed by atoms with Crippen molar-refractivity contribution in [1.82, 2.24) is 5.32 Å². The number of benzene rings is 1. The predicted molar refractivity (Wildman–Crippen MR) is 107 cm³/mol. The van der Waals surface area contributed by atoms with Crippen LogP contribution in [-0.4, -0.2) is 19.1 Å². The Morgan fingerprint density at radius 2 is 2.04 bits per heavy atom. The van der Waals surface area contributed by atoms with E-state index in [0.717, 1.165) is 47.6 Å². The molecule has 1 saturated heterocycles. The van der Waals surface area contributed by atoms with Crippen molar-refractivity contribution in [3.05, 3.63) is 64.5 Å². The normalized spacial score (nSPS) is 22.7. The molecule has 26 heavy (non-hydrogen) atoms. The number of hydrogen-bond donors (Lipinski definition) is 4. The molecule has 1 unspecified atom stereocenters. The first-order valence-corrected chi connectivity index (χ1v) is 9.11. The smallest absolute Gasteiger partial charge is 0.142 e. The van der Waals surface area contributed by atoms with Crippen LogP contribution in [0.25, 0.3) is 12.3 Å². The first-order chi connectivity index (χ1) is 12.6. The van der Waals surface area contributed by atoms with Gasteiger partial charge in [0.15, 0.2) is 0 Å². The predicted octanol–water partition coefficient (Wildman–Crippen LogP) is 1.70. The van der Waals surface area contributed by atoms with Crippen LogP contribution in [0.15, 0.2) is 48.5 Å². The van der Waals surface area contributed by atoms with E-state index in [1.165, 1.54) is 0 Å². The SMILES string of the molecule is C=C/C=c1/cc(C2C=C(F)C(N)=CC2)cc(NC2CCNCC2)/c1=C/N. The van der Waals surface area contributed by atoms with Crippen molar-refractivity contribution < 1.29 is 4.39 Å². The Labute approximate surface area is 153 Å². The molecular weight excluding hydrogens is 327 g/mol. The van der Waals surface area contributed by atoms with E-state index in [4.69, 9.17) is 11.5 Å². The average Bonchev–Trinajstić information content (AvgIpc) is 2.65. The first-order valence-electron chi connectivity index (χ1n) is 9.11. The van der Waals surface area contributed by atoms with Crippen molar-refractivity contribution in [3.8, 4) is 0 Å².